The van der Waals surface area contributed by atoms with Gasteiger partial charge in [0.2, 0.25) is 0 Å². The maximum atomic E-state index is 13.0. The van der Waals surface area contributed by atoms with Gasteiger partial charge in [0, 0.05) is 31.4 Å². The molecule has 0 saturated heterocycles. The van der Waals surface area contributed by atoms with Crippen LogP contribution in [0.4, 0.5) is 4.39 Å². The summed E-state index contributed by atoms with van der Waals surface area (Å²) in [6.07, 6.45) is 1.09. The first kappa shape index (κ1) is 13.7. The van der Waals surface area contributed by atoms with Crippen molar-refractivity contribution in [3.05, 3.63) is 53.1 Å². The summed E-state index contributed by atoms with van der Waals surface area (Å²) in [5, 5.41) is 17.2. The fourth-order valence-corrected chi connectivity index (χ4v) is 1.89. The van der Waals surface area contributed by atoms with Crippen LogP contribution >= 0.6 is 0 Å². The standard InChI is InChI=1S/C14H18FN3O/c1-10-12(8-17-18(10)2)7-16-9-14(19)11-4-3-5-13(15)6-11/h3-6,8,14,16,19H,7,9H2,1-2H3. The molecule has 0 fully saturated rings. The van der Waals surface area contributed by atoms with Gasteiger partial charge in [0.05, 0.1) is 12.3 Å². The second-order valence-corrected chi connectivity index (χ2v) is 4.58. The third-order valence-corrected chi connectivity index (χ3v) is 3.22. The number of aromatic nitrogens is 2. The van der Waals surface area contributed by atoms with Gasteiger partial charge in [-0.3, -0.25) is 4.68 Å². The molecule has 0 bridgehead atoms. The van der Waals surface area contributed by atoms with Crippen molar-refractivity contribution in [2.45, 2.75) is 19.6 Å². The number of aliphatic hydroxyl groups is 1. The van der Waals surface area contributed by atoms with Crippen LogP contribution in [-0.4, -0.2) is 21.4 Å². The van der Waals surface area contributed by atoms with Crippen molar-refractivity contribution in [3.8, 4) is 0 Å². The molecule has 5 heteroatoms. The molecule has 0 spiro atoms. The fraction of sp³-hybridized carbons (Fsp3) is 0.357. The van der Waals surface area contributed by atoms with Gasteiger partial charge in [0.1, 0.15) is 5.82 Å². The van der Waals surface area contributed by atoms with Gasteiger partial charge in [-0.15, -0.1) is 0 Å². The normalized spacial score (nSPS) is 12.6. The first-order chi connectivity index (χ1) is 9.08. The molecule has 0 saturated carbocycles. The van der Waals surface area contributed by atoms with Crippen molar-refractivity contribution < 1.29 is 9.50 Å². The first-order valence-corrected chi connectivity index (χ1v) is 6.19. The molecule has 0 radical (unpaired) electrons. The number of nitrogens with zero attached hydrogens (tertiary/aromatic N) is 2. The molecular formula is C14H18FN3O. The van der Waals surface area contributed by atoms with Crippen LogP contribution in [-0.2, 0) is 13.6 Å². The Labute approximate surface area is 111 Å². The van der Waals surface area contributed by atoms with Crippen LogP contribution in [0.25, 0.3) is 0 Å². The number of halogens is 1. The number of hydrogen-bond acceptors (Lipinski definition) is 3. The maximum absolute atomic E-state index is 13.0. The molecule has 2 N–H and O–H groups in total. The van der Waals surface area contributed by atoms with Crippen LogP contribution in [0.1, 0.15) is 22.9 Å². The monoisotopic (exact) mass is 263 g/mol. The minimum Gasteiger partial charge on any atom is -0.387 e. The lowest BCUT2D eigenvalue weighted by Gasteiger charge is -2.12. The van der Waals surface area contributed by atoms with E-state index in [2.05, 4.69) is 10.4 Å². The van der Waals surface area contributed by atoms with Crippen molar-refractivity contribution >= 4 is 0 Å². The summed E-state index contributed by atoms with van der Waals surface area (Å²) < 4.78 is 14.8. The van der Waals surface area contributed by atoms with E-state index in [1.54, 1.807) is 23.0 Å². The van der Waals surface area contributed by atoms with Gasteiger partial charge >= 0.3 is 0 Å². The van der Waals surface area contributed by atoms with Gasteiger partial charge in [0.25, 0.3) is 0 Å². The summed E-state index contributed by atoms with van der Waals surface area (Å²) in [5.41, 5.74) is 2.76. The van der Waals surface area contributed by atoms with E-state index in [1.165, 1.54) is 12.1 Å². The molecule has 19 heavy (non-hydrogen) atoms. The van der Waals surface area contributed by atoms with E-state index in [1.807, 2.05) is 14.0 Å². The smallest absolute Gasteiger partial charge is 0.123 e. The lowest BCUT2D eigenvalue weighted by molar-refractivity contribution is 0.174. The highest BCUT2D eigenvalue weighted by Crippen LogP contribution is 2.13. The van der Waals surface area contributed by atoms with Gasteiger partial charge in [-0.05, 0) is 24.6 Å². The third kappa shape index (κ3) is 3.39. The molecule has 1 aromatic carbocycles. The Kier molecular flexibility index (Phi) is 4.29. The Balaban J connectivity index is 1.87. The molecule has 0 aliphatic carbocycles. The lowest BCUT2D eigenvalue weighted by Crippen LogP contribution is -2.21. The van der Waals surface area contributed by atoms with Crippen LogP contribution < -0.4 is 5.32 Å². The van der Waals surface area contributed by atoms with Crippen LogP contribution in [0, 0.1) is 12.7 Å². The topological polar surface area (TPSA) is 50.1 Å². The SMILES string of the molecule is Cc1c(CNCC(O)c2cccc(F)c2)cnn1C. The average molecular weight is 263 g/mol. The van der Waals surface area contributed by atoms with Crippen LogP contribution in [0.5, 0.6) is 0 Å². The van der Waals surface area contributed by atoms with E-state index in [4.69, 9.17) is 0 Å². The second-order valence-electron chi connectivity index (χ2n) is 4.58. The van der Waals surface area contributed by atoms with Crippen molar-refractivity contribution in [2.24, 2.45) is 7.05 Å². The Bertz CT molecular complexity index is 553. The number of rotatable bonds is 5. The van der Waals surface area contributed by atoms with E-state index in [9.17, 15) is 9.50 Å². The summed E-state index contributed by atoms with van der Waals surface area (Å²) in [4.78, 5) is 0. The summed E-state index contributed by atoms with van der Waals surface area (Å²) in [6.45, 7) is 3.00. The molecule has 2 rings (SSSR count). The van der Waals surface area contributed by atoms with E-state index in [0.29, 0.717) is 18.7 Å². The molecule has 0 amide bonds. The van der Waals surface area contributed by atoms with E-state index in [0.717, 1.165) is 11.3 Å². The molecule has 1 atom stereocenters. The van der Waals surface area contributed by atoms with Crippen LogP contribution in [0.15, 0.2) is 30.5 Å². The Hall–Kier alpha value is -1.72. The summed E-state index contributed by atoms with van der Waals surface area (Å²) in [5.74, 6) is -0.334. The number of aryl methyl sites for hydroxylation is 1. The lowest BCUT2D eigenvalue weighted by atomic mass is 10.1. The van der Waals surface area contributed by atoms with Gasteiger partial charge in [-0.2, -0.15) is 5.10 Å². The minimum absolute atomic E-state index is 0.334. The number of aliphatic hydroxyl groups excluding tert-OH is 1. The highest BCUT2D eigenvalue weighted by molar-refractivity contribution is 5.19. The third-order valence-electron chi connectivity index (χ3n) is 3.22. The number of benzene rings is 1. The van der Waals surface area contributed by atoms with Crippen molar-refractivity contribution in [1.82, 2.24) is 15.1 Å². The molecule has 0 aliphatic rings. The van der Waals surface area contributed by atoms with Crippen molar-refractivity contribution in [3.63, 3.8) is 0 Å². The molecular weight excluding hydrogens is 245 g/mol. The summed E-state index contributed by atoms with van der Waals surface area (Å²) >= 11 is 0. The molecule has 0 aliphatic heterocycles. The summed E-state index contributed by atoms with van der Waals surface area (Å²) in [6, 6.07) is 6.02. The fourth-order valence-electron chi connectivity index (χ4n) is 1.89. The predicted molar refractivity (Wildman–Crippen MR) is 71.0 cm³/mol. The minimum atomic E-state index is -0.715. The van der Waals surface area contributed by atoms with E-state index < -0.39 is 6.10 Å². The van der Waals surface area contributed by atoms with E-state index in [-0.39, 0.29) is 5.82 Å². The zero-order chi connectivity index (χ0) is 13.8. The van der Waals surface area contributed by atoms with Crippen molar-refractivity contribution in [2.75, 3.05) is 6.54 Å². The maximum Gasteiger partial charge on any atom is 0.123 e. The molecule has 4 nitrogen and oxygen atoms in total. The quantitative estimate of drug-likeness (QED) is 0.863. The van der Waals surface area contributed by atoms with Crippen LogP contribution in [0.2, 0.25) is 0 Å². The largest absolute Gasteiger partial charge is 0.387 e. The molecule has 1 unspecified atom stereocenters. The Morgan fingerprint density at radius 2 is 2.26 bits per heavy atom. The van der Waals surface area contributed by atoms with Gasteiger partial charge < -0.3 is 10.4 Å². The molecule has 1 aromatic heterocycles. The van der Waals surface area contributed by atoms with Gasteiger partial charge in [0.15, 0.2) is 0 Å². The Morgan fingerprint density at radius 3 is 2.89 bits per heavy atom. The van der Waals surface area contributed by atoms with Crippen molar-refractivity contribution in [1.29, 1.82) is 0 Å². The highest BCUT2D eigenvalue weighted by Gasteiger charge is 2.09. The van der Waals surface area contributed by atoms with E-state index >= 15 is 0 Å². The zero-order valence-corrected chi connectivity index (χ0v) is 11.1. The molecule has 2 aromatic rings. The van der Waals surface area contributed by atoms with Gasteiger partial charge in [-0.25, -0.2) is 4.39 Å². The highest BCUT2D eigenvalue weighted by atomic mass is 19.1. The second kappa shape index (κ2) is 5.95. The molecule has 1 heterocycles. The zero-order valence-electron chi connectivity index (χ0n) is 11.1. The van der Waals surface area contributed by atoms with Gasteiger partial charge in [-0.1, -0.05) is 12.1 Å². The number of nitrogens with one attached hydrogen (secondary N) is 1. The number of hydrogen-bond donors (Lipinski definition) is 2. The first-order valence-electron chi connectivity index (χ1n) is 6.19. The average Bonchev–Trinajstić information content (AvgIpc) is 2.70. The Morgan fingerprint density at radius 1 is 1.47 bits per heavy atom. The predicted octanol–water partition coefficient (Wildman–Crippen LogP) is 1.69. The van der Waals surface area contributed by atoms with Crippen LogP contribution in [0.3, 0.4) is 0 Å². The summed E-state index contributed by atoms with van der Waals surface area (Å²) in [7, 11) is 1.89. The molecule has 102 valence electrons.